The molecule has 3 nitrogen and oxygen atoms in total. The molecule has 2 rings (SSSR count). The fraction of sp³-hybridized carbons (Fsp3) is 0.500. The Morgan fingerprint density at radius 2 is 2.06 bits per heavy atom. The number of aryl methyl sites for hydroxylation is 1. The summed E-state index contributed by atoms with van der Waals surface area (Å²) in [6, 6.07) is 8.18. The Morgan fingerprint density at radius 1 is 1.35 bits per heavy atom. The largest absolute Gasteiger partial charge is 0.349 e. The molecule has 1 aliphatic heterocycles. The van der Waals surface area contributed by atoms with Crippen molar-refractivity contribution >= 4 is 5.91 Å². The van der Waals surface area contributed by atoms with Crippen molar-refractivity contribution < 1.29 is 4.79 Å². The van der Waals surface area contributed by atoms with Crippen LogP contribution in [0, 0.1) is 0 Å². The number of carbonyl (C=O) groups excluding carboxylic acids is 1. The molecular weight excluding hydrogens is 212 g/mol. The van der Waals surface area contributed by atoms with Crippen LogP contribution in [0.3, 0.4) is 0 Å². The normalized spacial score (nSPS) is 16.8. The van der Waals surface area contributed by atoms with Crippen molar-refractivity contribution in [2.24, 2.45) is 0 Å². The zero-order chi connectivity index (χ0) is 12.1. The third-order valence-corrected chi connectivity index (χ3v) is 3.32. The first-order chi connectivity index (χ1) is 8.31. The maximum absolute atomic E-state index is 12.2. The molecule has 2 N–H and O–H groups in total. The van der Waals surface area contributed by atoms with Crippen LogP contribution >= 0.6 is 0 Å². The van der Waals surface area contributed by atoms with Gasteiger partial charge in [-0.3, -0.25) is 4.79 Å². The van der Waals surface area contributed by atoms with E-state index < -0.39 is 0 Å². The number of carbonyl (C=O) groups is 1. The highest BCUT2D eigenvalue weighted by atomic mass is 16.1. The highest BCUT2D eigenvalue weighted by Gasteiger charge is 2.17. The van der Waals surface area contributed by atoms with E-state index in [9.17, 15) is 4.79 Å². The van der Waals surface area contributed by atoms with Crippen LogP contribution in [0.2, 0.25) is 0 Å². The van der Waals surface area contributed by atoms with Crippen LogP contribution < -0.4 is 10.6 Å². The van der Waals surface area contributed by atoms with Crippen molar-refractivity contribution in [2.75, 3.05) is 13.1 Å². The zero-order valence-electron chi connectivity index (χ0n) is 10.3. The van der Waals surface area contributed by atoms with Gasteiger partial charge in [-0.1, -0.05) is 25.1 Å². The van der Waals surface area contributed by atoms with Crippen LogP contribution in [0.15, 0.2) is 24.3 Å². The quantitative estimate of drug-likeness (QED) is 0.833. The van der Waals surface area contributed by atoms with Crippen molar-refractivity contribution in [3.05, 3.63) is 35.4 Å². The summed E-state index contributed by atoms with van der Waals surface area (Å²) in [4.78, 5) is 12.2. The molecular formula is C14H20N2O. The summed E-state index contributed by atoms with van der Waals surface area (Å²) in [7, 11) is 0. The molecule has 92 valence electrons. The Hall–Kier alpha value is -1.35. The molecule has 0 aromatic heterocycles. The van der Waals surface area contributed by atoms with Gasteiger partial charge in [0.25, 0.3) is 5.91 Å². The van der Waals surface area contributed by atoms with Gasteiger partial charge in [-0.05, 0) is 44.0 Å². The third-order valence-electron chi connectivity index (χ3n) is 3.32. The van der Waals surface area contributed by atoms with Crippen molar-refractivity contribution in [1.82, 2.24) is 10.6 Å². The van der Waals surface area contributed by atoms with Crippen LogP contribution in [-0.4, -0.2) is 25.0 Å². The van der Waals surface area contributed by atoms with E-state index in [0.717, 1.165) is 43.5 Å². The van der Waals surface area contributed by atoms with E-state index in [4.69, 9.17) is 0 Å². The molecule has 0 saturated carbocycles. The average Bonchev–Trinajstić information content (AvgIpc) is 2.40. The van der Waals surface area contributed by atoms with E-state index in [-0.39, 0.29) is 5.91 Å². The Kier molecular flexibility index (Phi) is 4.15. The first kappa shape index (κ1) is 12.1. The van der Waals surface area contributed by atoms with Gasteiger partial charge in [-0.25, -0.2) is 0 Å². The summed E-state index contributed by atoms with van der Waals surface area (Å²) in [6.07, 6.45) is 2.95. The van der Waals surface area contributed by atoms with Gasteiger partial charge in [-0.15, -0.1) is 0 Å². The smallest absolute Gasteiger partial charge is 0.251 e. The highest BCUT2D eigenvalue weighted by Crippen LogP contribution is 2.11. The highest BCUT2D eigenvalue weighted by molar-refractivity contribution is 5.95. The summed E-state index contributed by atoms with van der Waals surface area (Å²) in [5.41, 5.74) is 1.95. The van der Waals surface area contributed by atoms with Gasteiger partial charge in [0.05, 0.1) is 0 Å². The number of hydrogen-bond donors (Lipinski definition) is 2. The van der Waals surface area contributed by atoms with E-state index in [0.29, 0.717) is 6.04 Å². The molecule has 1 saturated heterocycles. The predicted octanol–water partition coefficient (Wildman–Crippen LogP) is 1.73. The summed E-state index contributed by atoms with van der Waals surface area (Å²) in [5, 5.41) is 6.43. The molecule has 1 aliphatic rings. The lowest BCUT2D eigenvalue weighted by atomic mass is 10.0. The number of benzene rings is 1. The van der Waals surface area contributed by atoms with Gasteiger partial charge in [0.15, 0.2) is 0 Å². The van der Waals surface area contributed by atoms with Gasteiger partial charge in [0.1, 0.15) is 0 Å². The second-order valence-corrected chi connectivity index (χ2v) is 4.51. The lowest BCUT2D eigenvalue weighted by Crippen LogP contribution is -2.42. The molecule has 0 bridgehead atoms. The third kappa shape index (κ3) is 3.07. The Balaban J connectivity index is 2.03. The molecule has 0 spiro atoms. The zero-order valence-corrected chi connectivity index (χ0v) is 10.3. The molecule has 1 aromatic rings. The lowest BCUT2D eigenvalue weighted by molar-refractivity contribution is 0.0928. The first-order valence-corrected chi connectivity index (χ1v) is 6.40. The van der Waals surface area contributed by atoms with Crippen LogP contribution in [0.25, 0.3) is 0 Å². The van der Waals surface area contributed by atoms with Crippen LogP contribution in [0.1, 0.15) is 35.7 Å². The molecule has 1 fully saturated rings. The fourth-order valence-electron chi connectivity index (χ4n) is 2.28. The van der Waals surface area contributed by atoms with Crippen molar-refractivity contribution in [2.45, 2.75) is 32.2 Å². The van der Waals surface area contributed by atoms with Gasteiger partial charge >= 0.3 is 0 Å². The van der Waals surface area contributed by atoms with E-state index in [2.05, 4.69) is 17.6 Å². The molecule has 0 unspecified atom stereocenters. The molecule has 1 heterocycles. The van der Waals surface area contributed by atoms with Gasteiger partial charge in [-0.2, -0.15) is 0 Å². The van der Waals surface area contributed by atoms with Gasteiger partial charge in [0, 0.05) is 11.6 Å². The van der Waals surface area contributed by atoms with Crippen molar-refractivity contribution in [3.8, 4) is 0 Å². The second kappa shape index (κ2) is 5.82. The van der Waals surface area contributed by atoms with Crippen LogP contribution in [0.5, 0.6) is 0 Å². The molecule has 0 aliphatic carbocycles. The molecule has 0 radical (unpaired) electrons. The minimum atomic E-state index is 0.0781. The standard InChI is InChI=1S/C14H20N2O/c1-2-11-5-3-4-6-13(11)14(17)16-12-7-9-15-10-8-12/h3-6,12,15H,2,7-10H2,1H3,(H,16,17). The van der Waals surface area contributed by atoms with E-state index >= 15 is 0 Å². The number of piperidine rings is 1. The number of hydrogen-bond acceptors (Lipinski definition) is 2. The van der Waals surface area contributed by atoms with Gasteiger partial charge in [0.2, 0.25) is 0 Å². The molecule has 1 amide bonds. The van der Waals surface area contributed by atoms with Crippen LogP contribution in [-0.2, 0) is 6.42 Å². The average molecular weight is 232 g/mol. The Morgan fingerprint density at radius 3 is 2.76 bits per heavy atom. The Labute approximate surface area is 103 Å². The molecule has 0 atom stereocenters. The first-order valence-electron chi connectivity index (χ1n) is 6.40. The number of nitrogens with one attached hydrogen (secondary N) is 2. The number of amides is 1. The fourth-order valence-corrected chi connectivity index (χ4v) is 2.28. The maximum Gasteiger partial charge on any atom is 0.251 e. The SMILES string of the molecule is CCc1ccccc1C(=O)NC1CCNCC1. The van der Waals surface area contributed by atoms with E-state index in [1.807, 2.05) is 24.3 Å². The summed E-state index contributed by atoms with van der Waals surface area (Å²) < 4.78 is 0. The minimum absolute atomic E-state index is 0.0781. The summed E-state index contributed by atoms with van der Waals surface area (Å²) in [5.74, 6) is 0.0781. The van der Waals surface area contributed by atoms with E-state index in [1.165, 1.54) is 0 Å². The summed E-state index contributed by atoms with van der Waals surface area (Å²) in [6.45, 7) is 4.08. The Bertz CT molecular complexity index is 384. The molecule has 1 aromatic carbocycles. The predicted molar refractivity (Wildman–Crippen MR) is 69.2 cm³/mol. The summed E-state index contributed by atoms with van der Waals surface area (Å²) >= 11 is 0. The molecule has 17 heavy (non-hydrogen) atoms. The van der Waals surface area contributed by atoms with Crippen molar-refractivity contribution in [1.29, 1.82) is 0 Å². The van der Waals surface area contributed by atoms with Crippen LogP contribution in [0.4, 0.5) is 0 Å². The van der Waals surface area contributed by atoms with Gasteiger partial charge < -0.3 is 10.6 Å². The topological polar surface area (TPSA) is 41.1 Å². The second-order valence-electron chi connectivity index (χ2n) is 4.51. The molecule has 3 heteroatoms. The number of rotatable bonds is 3. The van der Waals surface area contributed by atoms with Crippen molar-refractivity contribution in [3.63, 3.8) is 0 Å². The van der Waals surface area contributed by atoms with E-state index in [1.54, 1.807) is 0 Å². The monoisotopic (exact) mass is 232 g/mol. The minimum Gasteiger partial charge on any atom is -0.349 e. The maximum atomic E-state index is 12.2. The lowest BCUT2D eigenvalue weighted by Gasteiger charge is -2.24.